The van der Waals surface area contributed by atoms with Gasteiger partial charge in [0.05, 0.1) is 11.1 Å². The van der Waals surface area contributed by atoms with Gasteiger partial charge in [-0.3, -0.25) is 10.1 Å². The van der Waals surface area contributed by atoms with Gasteiger partial charge in [0, 0.05) is 16.6 Å². The lowest BCUT2D eigenvalue weighted by Gasteiger charge is -2.39. The second-order valence-electron chi connectivity index (χ2n) is 7.95. The minimum atomic E-state index is -3.91. The van der Waals surface area contributed by atoms with Crippen molar-refractivity contribution in [3.63, 3.8) is 0 Å². The molecule has 0 spiro atoms. The Morgan fingerprint density at radius 1 is 1.19 bits per heavy atom. The standard InChI is InChI=1S/C22H26Cl2N2O4S/c1-15-9-10-26(31(29,30)19-13-17(23)12-18(24)14-19)21(11-15)25-20(22(27)28)8-7-16-5-3-2-4-6-16/h2-6,12-15,20-21,25H,7-11H2,1H3,(H,27,28)/t15?,20-,21?/m0/s1. The highest BCUT2D eigenvalue weighted by molar-refractivity contribution is 7.89. The summed E-state index contributed by atoms with van der Waals surface area (Å²) in [5, 5.41) is 13.3. The monoisotopic (exact) mass is 484 g/mol. The number of hydrogen-bond acceptors (Lipinski definition) is 4. The highest BCUT2D eigenvalue weighted by atomic mass is 35.5. The van der Waals surface area contributed by atoms with E-state index in [9.17, 15) is 18.3 Å². The predicted octanol–water partition coefficient (Wildman–Crippen LogP) is 4.42. The Morgan fingerprint density at radius 2 is 1.84 bits per heavy atom. The largest absolute Gasteiger partial charge is 0.480 e. The Morgan fingerprint density at radius 3 is 2.45 bits per heavy atom. The van der Waals surface area contributed by atoms with E-state index in [0.717, 1.165) is 5.56 Å². The molecule has 2 N–H and O–H groups in total. The molecule has 0 bridgehead atoms. The second kappa shape index (κ2) is 10.3. The van der Waals surface area contributed by atoms with E-state index < -0.39 is 28.2 Å². The van der Waals surface area contributed by atoms with E-state index in [1.54, 1.807) is 0 Å². The number of nitrogens with one attached hydrogen (secondary N) is 1. The maximum atomic E-state index is 13.4. The van der Waals surface area contributed by atoms with Crippen LogP contribution in [0.3, 0.4) is 0 Å². The molecule has 3 rings (SSSR count). The fraction of sp³-hybridized carbons (Fsp3) is 0.409. The molecule has 1 aliphatic rings. The molecule has 2 aromatic rings. The molecule has 9 heteroatoms. The van der Waals surface area contributed by atoms with E-state index >= 15 is 0 Å². The smallest absolute Gasteiger partial charge is 0.320 e. The topological polar surface area (TPSA) is 86.7 Å². The molecule has 1 saturated heterocycles. The summed E-state index contributed by atoms with van der Waals surface area (Å²) in [6.45, 7) is 2.32. The third kappa shape index (κ3) is 6.20. The van der Waals surface area contributed by atoms with Crippen LogP contribution in [0.25, 0.3) is 0 Å². The summed E-state index contributed by atoms with van der Waals surface area (Å²) in [5.41, 5.74) is 1.03. The average Bonchev–Trinajstić information content (AvgIpc) is 2.70. The summed E-state index contributed by atoms with van der Waals surface area (Å²) in [6, 6.07) is 12.9. The lowest BCUT2D eigenvalue weighted by molar-refractivity contribution is -0.140. The van der Waals surface area contributed by atoms with Gasteiger partial charge in [-0.25, -0.2) is 8.42 Å². The van der Waals surface area contributed by atoms with Crippen LogP contribution in [0.5, 0.6) is 0 Å². The maximum absolute atomic E-state index is 13.4. The van der Waals surface area contributed by atoms with E-state index in [2.05, 4.69) is 5.32 Å². The van der Waals surface area contributed by atoms with Gasteiger partial charge in [0.2, 0.25) is 10.0 Å². The lowest BCUT2D eigenvalue weighted by Crippen LogP contribution is -2.57. The van der Waals surface area contributed by atoms with Crippen molar-refractivity contribution < 1.29 is 18.3 Å². The Hall–Kier alpha value is -1.64. The zero-order valence-electron chi connectivity index (χ0n) is 17.2. The number of aryl methyl sites for hydroxylation is 1. The van der Waals surface area contributed by atoms with Crippen LogP contribution in [-0.4, -0.2) is 42.6 Å². The molecular weight excluding hydrogens is 459 g/mol. The van der Waals surface area contributed by atoms with Crippen LogP contribution in [-0.2, 0) is 21.2 Å². The fourth-order valence-corrected chi connectivity index (χ4v) is 6.14. The Labute approximate surface area is 193 Å². The third-order valence-electron chi connectivity index (χ3n) is 5.51. The minimum absolute atomic E-state index is 0.00233. The van der Waals surface area contributed by atoms with Crippen molar-refractivity contribution in [3.8, 4) is 0 Å². The quantitative estimate of drug-likeness (QED) is 0.578. The molecule has 168 valence electrons. The minimum Gasteiger partial charge on any atom is -0.480 e. The van der Waals surface area contributed by atoms with Crippen LogP contribution < -0.4 is 5.32 Å². The maximum Gasteiger partial charge on any atom is 0.320 e. The first kappa shape index (κ1) is 24.0. The number of carbonyl (C=O) groups is 1. The molecule has 3 atom stereocenters. The molecule has 0 aliphatic carbocycles. The predicted molar refractivity (Wildman–Crippen MR) is 122 cm³/mol. The zero-order valence-corrected chi connectivity index (χ0v) is 19.5. The number of aliphatic carboxylic acids is 1. The van der Waals surface area contributed by atoms with Gasteiger partial charge in [-0.15, -0.1) is 0 Å². The van der Waals surface area contributed by atoms with Gasteiger partial charge in [-0.1, -0.05) is 60.5 Å². The molecule has 0 radical (unpaired) electrons. The highest BCUT2D eigenvalue weighted by Crippen LogP contribution is 2.30. The van der Waals surface area contributed by atoms with E-state index in [4.69, 9.17) is 23.2 Å². The van der Waals surface area contributed by atoms with Gasteiger partial charge in [0.25, 0.3) is 0 Å². The molecular formula is C22H26Cl2N2O4S. The SMILES string of the molecule is CC1CCN(S(=O)(=O)c2cc(Cl)cc(Cl)c2)C(N[C@@H](CCc2ccccc2)C(=O)O)C1. The van der Waals surface area contributed by atoms with Crippen LogP contribution in [0, 0.1) is 5.92 Å². The van der Waals surface area contributed by atoms with Crippen molar-refractivity contribution in [1.82, 2.24) is 9.62 Å². The molecule has 2 unspecified atom stereocenters. The number of benzene rings is 2. The van der Waals surface area contributed by atoms with Crippen molar-refractivity contribution in [3.05, 3.63) is 64.1 Å². The Kier molecular flexibility index (Phi) is 7.99. The number of carboxylic acids is 1. The number of nitrogens with zero attached hydrogens (tertiary/aromatic N) is 1. The van der Waals surface area contributed by atoms with Gasteiger partial charge < -0.3 is 5.11 Å². The number of hydrogen-bond donors (Lipinski definition) is 2. The molecule has 1 fully saturated rings. The molecule has 1 heterocycles. The molecule has 0 aromatic heterocycles. The van der Waals surface area contributed by atoms with Crippen LogP contribution in [0.4, 0.5) is 0 Å². The van der Waals surface area contributed by atoms with E-state index in [0.29, 0.717) is 25.7 Å². The number of halogens is 2. The Balaban J connectivity index is 1.82. The van der Waals surface area contributed by atoms with Crippen molar-refractivity contribution in [2.45, 2.75) is 49.7 Å². The van der Waals surface area contributed by atoms with Crippen LogP contribution >= 0.6 is 23.2 Å². The van der Waals surface area contributed by atoms with Gasteiger partial charge >= 0.3 is 5.97 Å². The summed E-state index contributed by atoms with van der Waals surface area (Å²) in [7, 11) is -3.91. The molecule has 31 heavy (non-hydrogen) atoms. The van der Waals surface area contributed by atoms with E-state index in [1.807, 2.05) is 37.3 Å². The first-order chi connectivity index (χ1) is 14.7. The van der Waals surface area contributed by atoms with Gasteiger partial charge in [-0.05, 0) is 55.4 Å². The van der Waals surface area contributed by atoms with Gasteiger partial charge in [-0.2, -0.15) is 4.31 Å². The summed E-state index contributed by atoms with van der Waals surface area (Å²) in [5.74, 6) is -0.743. The molecule has 2 aromatic carbocycles. The number of piperidine rings is 1. The number of carboxylic acid groups (broad SMARTS) is 1. The summed E-state index contributed by atoms with van der Waals surface area (Å²) in [6.07, 6.45) is 1.49. The number of sulfonamides is 1. The van der Waals surface area contributed by atoms with Crippen molar-refractivity contribution >= 4 is 39.2 Å². The first-order valence-corrected chi connectivity index (χ1v) is 12.4. The Bertz CT molecular complexity index is 997. The summed E-state index contributed by atoms with van der Waals surface area (Å²) in [4.78, 5) is 11.9. The zero-order chi connectivity index (χ0) is 22.6. The van der Waals surface area contributed by atoms with Crippen molar-refractivity contribution in [1.29, 1.82) is 0 Å². The molecule has 0 amide bonds. The molecule has 1 aliphatic heterocycles. The molecule has 0 saturated carbocycles. The second-order valence-corrected chi connectivity index (χ2v) is 10.7. The average molecular weight is 485 g/mol. The third-order valence-corrected chi connectivity index (χ3v) is 7.84. The van der Waals surface area contributed by atoms with E-state index in [1.165, 1.54) is 22.5 Å². The van der Waals surface area contributed by atoms with Crippen LogP contribution in [0.15, 0.2) is 53.4 Å². The van der Waals surface area contributed by atoms with Crippen molar-refractivity contribution in [2.75, 3.05) is 6.54 Å². The van der Waals surface area contributed by atoms with E-state index in [-0.39, 0.29) is 27.4 Å². The van der Waals surface area contributed by atoms with Gasteiger partial charge in [0.15, 0.2) is 0 Å². The summed E-state index contributed by atoms with van der Waals surface area (Å²) < 4.78 is 28.1. The number of rotatable bonds is 8. The normalized spacial score (nSPS) is 21.0. The molecule has 6 nitrogen and oxygen atoms in total. The highest BCUT2D eigenvalue weighted by Gasteiger charge is 2.38. The first-order valence-electron chi connectivity index (χ1n) is 10.2. The fourth-order valence-electron chi connectivity index (χ4n) is 3.84. The van der Waals surface area contributed by atoms with Crippen LogP contribution in [0.2, 0.25) is 10.0 Å². The van der Waals surface area contributed by atoms with Crippen LogP contribution in [0.1, 0.15) is 31.7 Å². The van der Waals surface area contributed by atoms with Gasteiger partial charge in [0.1, 0.15) is 6.04 Å². The van der Waals surface area contributed by atoms with Crippen molar-refractivity contribution in [2.24, 2.45) is 5.92 Å². The summed E-state index contributed by atoms with van der Waals surface area (Å²) >= 11 is 12.0. The lowest BCUT2D eigenvalue weighted by atomic mass is 9.97.